The van der Waals surface area contributed by atoms with Crippen LogP contribution in [0, 0.1) is 0 Å². The quantitative estimate of drug-likeness (QED) is 0.225. The first-order valence-electron chi connectivity index (χ1n) is 23.5. The van der Waals surface area contributed by atoms with Crippen LogP contribution in [0.1, 0.15) is 91.2 Å². The van der Waals surface area contributed by atoms with Gasteiger partial charge in [-0.3, -0.25) is 19.4 Å². The lowest BCUT2D eigenvalue weighted by Crippen LogP contribution is -2.49. The van der Waals surface area contributed by atoms with Crippen molar-refractivity contribution < 1.29 is 28.7 Å². The van der Waals surface area contributed by atoms with Gasteiger partial charge in [0, 0.05) is 144 Å². The van der Waals surface area contributed by atoms with Crippen LogP contribution in [0.4, 0.5) is 21.0 Å². The number of nitrogens with one attached hydrogen (secondary N) is 1. The van der Waals surface area contributed by atoms with Gasteiger partial charge in [-0.25, -0.2) is 9.59 Å². The van der Waals surface area contributed by atoms with Gasteiger partial charge in [-0.15, -0.1) is 11.6 Å². The smallest absolute Gasteiger partial charge is 0.410 e. The molecule has 17 heteroatoms. The summed E-state index contributed by atoms with van der Waals surface area (Å²) < 4.78 is 11.0. The molecule has 2 aromatic rings. The SMILES string of the molecule is CC(C)(C)OC(=O)N1CCN(Cc2ccc(Cl)cc2N2CC[C@@H](N3CCCC3=O)C2)CC1.CC(C)(C)OC(=O)N1CCN(Cc2ccc(Cl)cc2N2CC[C@@H](NC(=O)CCCCl)C2)CC1. The largest absolute Gasteiger partial charge is 0.444 e. The minimum absolute atomic E-state index is 0.0664. The molecule has 5 saturated heterocycles. The van der Waals surface area contributed by atoms with Gasteiger partial charge in [0.05, 0.1) is 6.04 Å². The zero-order valence-corrected chi connectivity index (χ0v) is 41.7. The summed E-state index contributed by atoms with van der Waals surface area (Å²) >= 11 is 18.4. The first kappa shape index (κ1) is 50.7. The number of piperazine rings is 2. The van der Waals surface area contributed by atoms with E-state index >= 15 is 0 Å². The highest BCUT2D eigenvalue weighted by molar-refractivity contribution is 6.31. The van der Waals surface area contributed by atoms with Crippen LogP contribution in [0.15, 0.2) is 36.4 Å². The van der Waals surface area contributed by atoms with Gasteiger partial charge in [-0.05, 0) is 103 Å². The lowest BCUT2D eigenvalue weighted by Gasteiger charge is -2.36. The van der Waals surface area contributed by atoms with Crippen molar-refractivity contribution in [3.63, 3.8) is 0 Å². The second-order valence-electron chi connectivity index (χ2n) is 19.9. The minimum Gasteiger partial charge on any atom is -0.444 e. The summed E-state index contributed by atoms with van der Waals surface area (Å²) in [5.41, 5.74) is 3.78. The number of nitrogens with zero attached hydrogens (tertiary/aromatic N) is 7. The maximum Gasteiger partial charge on any atom is 0.410 e. The molecule has 4 amide bonds. The molecule has 0 spiro atoms. The topological polar surface area (TPSA) is 121 Å². The van der Waals surface area contributed by atoms with E-state index < -0.39 is 11.2 Å². The zero-order chi connectivity index (χ0) is 46.9. The Morgan fingerprint density at radius 2 is 1.17 bits per heavy atom. The second kappa shape index (κ2) is 22.9. The summed E-state index contributed by atoms with van der Waals surface area (Å²) in [6.45, 7) is 23.1. The number of hydrogen-bond donors (Lipinski definition) is 1. The van der Waals surface area contributed by atoms with Crippen LogP contribution in [0.25, 0.3) is 0 Å². The summed E-state index contributed by atoms with van der Waals surface area (Å²) in [5, 5.41) is 4.57. The van der Waals surface area contributed by atoms with E-state index in [0.29, 0.717) is 68.3 Å². The Morgan fingerprint density at radius 3 is 1.63 bits per heavy atom. The Labute approximate surface area is 401 Å². The highest BCUT2D eigenvalue weighted by Gasteiger charge is 2.35. The number of halogens is 3. The molecule has 65 heavy (non-hydrogen) atoms. The first-order chi connectivity index (χ1) is 30.8. The number of likely N-dealkylation sites (tertiary alicyclic amines) is 1. The van der Waals surface area contributed by atoms with Crippen molar-refractivity contribution in [1.29, 1.82) is 0 Å². The van der Waals surface area contributed by atoms with Gasteiger partial charge in [-0.1, -0.05) is 35.3 Å². The average Bonchev–Trinajstić information content (AvgIpc) is 4.03. The van der Waals surface area contributed by atoms with Crippen LogP contribution in [0.3, 0.4) is 0 Å². The van der Waals surface area contributed by atoms with Crippen LogP contribution in [0.5, 0.6) is 0 Å². The van der Waals surface area contributed by atoms with Gasteiger partial charge in [0.2, 0.25) is 11.8 Å². The highest BCUT2D eigenvalue weighted by Crippen LogP contribution is 2.33. The molecule has 14 nitrogen and oxygen atoms in total. The van der Waals surface area contributed by atoms with Crippen molar-refractivity contribution in [1.82, 2.24) is 29.8 Å². The van der Waals surface area contributed by atoms with E-state index in [4.69, 9.17) is 44.3 Å². The maximum atomic E-state index is 12.3. The summed E-state index contributed by atoms with van der Waals surface area (Å²) in [5.74, 6) is 0.866. The molecule has 360 valence electrons. The average molecular weight is 963 g/mol. The van der Waals surface area contributed by atoms with Crippen LogP contribution in [0.2, 0.25) is 10.0 Å². The number of carbonyl (C=O) groups is 4. The van der Waals surface area contributed by atoms with Crippen molar-refractivity contribution >= 4 is 70.2 Å². The maximum absolute atomic E-state index is 12.3. The zero-order valence-electron chi connectivity index (χ0n) is 39.4. The molecule has 5 aliphatic rings. The molecule has 2 atom stereocenters. The summed E-state index contributed by atoms with van der Waals surface area (Å²) in [6, 6.07) is 12.6. The Hall–Kier alpha value is -3.69. The Kier molecular flexibility index (Phi) is 17.8. The molecule has 5 aliphatic heterocycles. The lowest BCUT2D eigenvalue weighted by atomic mass is 10.1. The third kappa shape index (κ3) is 15.2. The monoisotopic (exact) mass is 960 g/mol. The predicted molar refractivity (Wildman–Crippen MR) is 259 cm³/mol. The van der Waals surface area contributed by atoms with E-state index in [1.54, 1.807) is 9.80 Å². The molecular formula is C48H71Cl3N8O6. The third-order valence-corrected chi connectivity index (χ3v) is 13.2. The summed E-state index contributed by atoms with van der Waals surface area (Å²) in [4.78, 5) is 64.0. The van der Waals surface area contributed by atoms with Crippen molar-refractivity contribution in [2.24, 2.45) is 0 Å². The normalized spacial score (nSPS) is 21.1. The number of alkyl halides is 1. The predicted octanol–water partition coefficient (Wildman–Crippen LogP) is 7.70. The Bertz CT molecular complexity index is 1950. The fourth-order valence-electron chi connectivity index (χ4n) is 9.14. The lowest BCUT2D eigenvalue weighted by molar-refractivity contribution is -0.129. The fraction of sp³-hybridized carbons (Fsp3) is 0.667. The molecule has 5 heterocycles. The van der Waals surface area contributed by atoms with Crippen molar-refractivity contribution in [2.75, 3.05) is 101 Å². The summed E-state index contributed by atoms with van der Waals surface area (Å²) in [6.07, 6.45) is 4.27. The van der Waals surface area contributed by atoms with E-state index in [2.05, 4.69) is 48.0 Å². The number of rotatable bonds is 11. The highest BCUT2D eigenvalue weighted by atomic mass is 35.5. The van der Waals surface area contributed by atoms with Crippen LogP contribution in [-0.2, 0) is 32.2 Å². The van der Waals surface area contributed by atoms with Gasteiger partial charge in [0.1, 0.15) is 11.2 Å². The van der Waals surface area contributed by atoms with Crippen LogP contribution in [-0.4, -0.2) is 163 Å². The molecule has 0 aromatic heterocycles. The van der Waals surface area contributed by atoms with Gasteiger partial charge >= 0.3 is 12.2 Å². The number of amides is 4. The van der Waals surface area contributed by atoms with Gasteiger partial charge in [0.15, 0.2) is 0 Å². The Morgan fingerprint density at radius 1 is 0.677 bits per heavy atom. The molecule has 0 bridgehead atoms. The van der Waals surface area contributed by atoms with E-state index in [1.165, 1.54) is 16.8 Å². The molecule has 2 aromatic carbocycles. The molecule has 0 aliphatic carbocycles. The second-order valence-corrected chi connectivity index (χ2v) is 21.2. The minimum atomic E-state index is -0.483. The standard InChI is InChI=1S/C24H36Cl2N4O3.C24H35ClN4O3/c1-24(2,3)33-23(32)29-13-11-28(12-14-29)16-18-6-7-19(26)15-21(18)30-10-8-20(17-30)27-22(31)5-4-9-25;1-24(2,3)32-23(31)27-13-11-26(12-14-27)16-18-6-7-19(25)15-21(18)28-10-8-20(17-28)29-9-4-5-22(29)30/h6-7,15,20H,4-5,8-14,16-17H2,1-3H3,(H,27,31);6-7,15,20H,4-5,8-14,16-17H2,1-3H3/t2*20-/m11/s1. The number of hydrogen-bond acceptors (Lipinski definition) is 10. The third-order valence-electron chi connectivity index (χ3n) is 12.4. The number of benzene rings is 2. The Balaban J connectivity index is 0.000000215. The first-order valence-corrected chi connectivity index (χ1v) is 24.8. The van der Waals surface area contributed by atoms with E-state index in [0.717, 1.165) is 102 Å². The van der Waals surface area contributed by atoms with E-state index in [1.807, 2.05) is 59.7 Å². The summed E-state index contributed by atoms with van der Waals surface area (Å²) in [7, 11) is 0. The molecule has 7 rings (SSSR count). The van der Waals surface area contributed by atoms with Crippen molar-refractivity contribution in [3.8, 4) is 0 Å². The number of anilines is 2. The van der Waals surface area contributed by atoms with Crippen LogP contribution >= 0.6 is 34.8 Å². The molecule has 1 N–H and O–H groups in total. The van der Waals surface area contributed by atoms with Crippen LogP contribution < -0.4 is 15.1 Å². The number of carbonyl (C=O) groups excluding carboxylic acids is 4. The molecule has 5 fully saturated rings. The molecule has 0 saturated carbocycles. The van der Waals surface area contributed by atoms with Gasteiger partial charge in [0.25, 0.3) is 0 Å². The molecule has 0 radical (unpaired) electrons. The van der Waals surface area contributed by atoms with E-state index in [-0.39, 0.29) is 24.1 Å². The van der Waals surface area contributed by atoms with Gasteiger partial charge in [-0.2, -0.15) is 0 Å². The molecular weight excluding hydrogens is 891 g/mol. The fourth-order valence-corrected chi connectivity index (χ4v) is 9.60. The molecule has 0 unspecified atom stereocenters. The van der Waals surface area contributed by atoms with Crippen molar-refractivity contribution in [3.05, 3.63) is 57.6 Å². The van der Waals surface area contributed by atoms with Crippen molar-refractivity contribution in [2.45, 2.75) is 116 Å². The van der Waals surface area contributed by atoms with E-state index in [9.17, 15) is 19.2 Å². The van der Waals surface area contributed by atoms with Gasteiger partial charge < -0.3 is 39.3 Å². The number of ether oxygens (including phenoxy) is 2.